The van der Waals surface area contributed by atoms with E-state index in [-0.39, 0.29) is 27.6 Å². The van der Waals surface area contributed by atoms with Gasteiger partial charge in [-0.2, -0.15) is 0 Å². The number of hydrogen-bond donors (Lipinski definition) is 2. The number of nitro benzene ring substituents is 1. The van der Waals surface area contributed by atoms with Gasteiger partial charge in [0.1, 0.15) is 11.1 Å². The molecule has 0 aromatic heterocycles. The summed E-state index contributed by atoms with van der Waals surface area (Å²) in [4.78, 5) is 35.4. The van der Waals surface area contributed by atoms with Crippen molar-refractivity contribution in [2.45, 2.75) is 51.5 Å². The van der Waals surface area contributed by atoms with Gasteiger partial charge in [0.05, 0.1) is 4.92 Å². The molecule has 156 valence electrons. The first-order chi connectivity index (χ1) is 13.7. The molecule has 7 nitrogen and oxygen atoms in total. The largest absolute Gasteiger partial charge is 0.354 e. The fourth-order valence-corrected chi connectivity index (χ4v) is 6.26. The van der Waals surface area contributed by atoms with Crippen LogP contribution in [0.3, 0.4) is 0 Å². The van der Waals surface area contributed by atoms with Crippen LogP contribution in [0.25, 0.3) is 0 Å². The van der Waals surface area contributed by atoms with Crippen molar-refractivity contribution >= 4 is 29.1 Å². The van der Waals surface area contributed by atoms with E-state index in [1.807, 2.05) is 0 Å². The Balaban J connectivity index is 1.33. The van der Waals surface area contributed by atoms with E-state index in [1.54, 1.807) is 6.92 Å². The van der Waals surface area contributed by atoms with Crippen LogP contribution in [0.4, 0.5) is 5.69 Å². The van der Waals surface area contributed by atoms with Gasteiger partial charge in [0.2, 0.25) is 5.91 Å². The summed E-state index contributed by atoms with van der Waals surface area (Å²) in [5, 5.41) is 16.6. The van der Waals surface area contributed by atoms with E-state index in [9.17, 15) is 19.7 Å². The first-order valence-corrected chi connectivity index (χ1v) is 10.6. The summed E-state index contributed by atoms with van der Waals surface area (Å²) in [6.07, 6.45) is 7.67. The molecule has 5 rings (SSSR count). The highest BCUT2D eigenvalue weighted by molar-refractivity contribution is 6.32. The summed E-state index contributed by atoms with van der Waals surface area (Å²) in [7, 11) is 0. The molecule has 0 radical (unpaired) electrons. The Hall–Kier alpha value is -2.15. The molecule has 2 N–H and O–H groups in total. The SMILES string of the molecule is C[C@H](NC(=O)c1ccc(Cl)c([N+](=O)[O-])c1)C(=O)NCC12CC3CC(CC(C3)C1)C2. The van der Waals surface area contributed by atoms with Crippen LogP contribution in [0.5, 0.6) is 0 Å². The van der Waals surface area contributed by atoms with Gasteiger partial charge in [-0.15, -0.1) is 0 Å². The Labute approximate surface area is 174 Å². The zero-order valence-corrected chi connectivity index (χ0v) is 17.2. The second-order valence-electron chi connectivity index (χ2n) is 9.25. The number of rotatable bonds is 6. The van der Waals surface area contributed by atoms with Gasteiger partial charge in [0.15, 0.2) is 0 Å². The number of nitrogens with one attached hydrogen (secondary N) is 2. The van der Waals surface area contributed by atoms with Gasteiger partial charge in [-0.25, -0.2) is 0 Å². The van der Waals surface area contributed by atoms with Gasteiger partial charge in [-0.3, -0.25) is 19.7 Å². The molecule has 0 saturated heterocycles. The Bertz CT molecular complexity index is 821. The fraction of sp³-hybridized carbons (Fsp3) is 0.619. The standard InChI is InChI=1S/C21H26ClN3O4/c1-12(24-20(27)16-2-3-17(22)18(7-16)25(28)29)19(26)23-11-21-8-13-4-14(9-21)6-15(5-13)10-21/h2-3,7,12-15H,4-6,8-11H2,1H3,(H,23,26)(H,24,27)/t12-,13?,14?,15?,21?/m0/s1. The Morgan fingerprint density at radius 3 is 2.34 bits per heavy atom. The number of halogens is 1. The quantitative estimate of drug-likeness (QED) is 0.542. The summed E-state index contributed by atoms with van der Waals surface area (Å²) < 4.78 is 0. The molecule has 1 aromatic carbocycles. The predicted octanol–water partition coefficient (Wildman–Crippen LogP) is 3.70. The highest BCUT2D eigenvalue weighted by atomic mass is 35.5. The summed E-state index contributed by atoms with van der Waals surface area (Å²) in [5.41, 5.74) is -0.00893. The molecule has 1 aromatic rings. The van der Waals surface area contributed by atoms with Crippen LogP contribution in [-0.4, -0.2) is 29.3 Å². The molecule has 4 aliphatic carbocycles. The Morgan fingerprint density at radius 2 is 1.79 bits per heavy atom. The van der Waals surface area contributed by atoms with E-state index >= 15 is 0 Å². The molecular formula is C21H26ClN3O4. The number of hydrogen-bond acceptors (Lipinski definition) is 4. The van der Waals surface area contributed by atoms with Crippen LogP contribution in [0, 0.1) is 33.3 Å². The zero-order chi connectivity index (χ0) is 20.8. The van der Waals surface area contributed by atoms with Gasteiger partial charge < -0.3 is 10.6 Å². The third-order valence-corrected chi connectivity index (χ3v) is 7.27. The van der Waals surface area contributed by atoms with Crippen LogP contribution in [-0.2, 0) is 4.79 Å². The van der Waals surface area contributed by atoms with Crippen molar-refractivity contribution in [1.29, 1.82) is 0 Å². The van der Waals surface area contributed by atoms with Crippen LogP contribution >= 0.6 is 11.6 Å². The van der Waals surface area contributed by atoms with Gasteiger partial charge in [-0.05, 0) is 80.8 Å². The lowest BCUT2D eigenvalue weighted by atomic mass is 9.49. The number of carbonyl (C=O) groups is 2. The molecule has 2 amide bonds. The molecule has 4 saturated carbocycles. The van der Waals surface area contributed by atoms with E-state index in [1.165, 1.54) is 50.7 Å². The first kappa shape index (κ1) is 20.1. The fourth-order valence-electron chi connectivity index (χ4n) is 6.07. The average Bonchev–Trinajstić information content (AvgIpc) is 2.65. The van der Waals surface area contributed by atoms with E-state index in [0.717, 1.165) is 23.8 Å². The van der Waals surface area contributed by atoms with Crippen LogP contribution in [0.1, 0.15) is 55.8 Å². The maximum absolute atomic E-state index is 12.6. The highest BCUT2D eigenvalue weighted by Crippen LogP contribution is 2.59. The lowest BCUT2D eigenvalue weighted by molar-refractivity contribution is -0.384. The second kappa shape index (κ2) is 7.59. The minimum Gasteiger partial charge on any atom is -0.354 e. The van der Waals surface area contributed by atoms with Crippen LogP contribution in [0.15, 0.2) is 18.2 Å². The van der Waals surface area contributed by atoms with Crippen LogP contribution < -0.4 is 10.6 Å². The van der Waals surface area contributed by atoms with Gasteiger partial charge in [0, 0.05) is 18.2 Å². The lowest BCUT2D eigenvalue weighted by Gasteiger charge is -2.57. The minimum absolute atomic E-state index is 0.0343. The molecule has 4 fully saturated rings. The van der Waals surface area contributed by atoms with E-state index in [2.05, 4.69) is 10.6 Å². The van der Waals surface area contributed by atoms with E-state index in [4.69, 9.17) is 11.6 Å². The highest BCUT2D eigenvalue weighted by Gasteiger charge is 2.50. The second-order valence-corrected chi connectivity index (χ2v) is 9.66. The lowest BCUT2D eigenvalue weighted by Crippen LogP contribution is -2.53. The minimum atomic E-state index is -0.730. The summed E-state index contributed by atoms with van der Waals surface area (Å²) in [6, 6.07) is 3.11. The van der Waals surface area contributed by atoms with Crippen molar-refractivity contribution in [1.82, 2.24) is 10.6 Å². The van der Waals surface area contributed by atoms with E-state index < -0.39 is 16.9 Å². The van der Waals surface area contributed by atoms with Crippen LogP contribution in [0.2, 0.25) is 5.02 Å². The molecule has 0 spiro atoms. The maximum Gasteiger partial charge on any atom is 0.288 e. The maximum atomic E-state index is 12.6. The van der Waals surface area contributed by atoms with Crippen molar-refractivity contribution < 1.29 is 14.5 Å². The molecule has 8 heteroatoms. The zero-order valence-electron chi connectivity index (χ0n) is 16.4. The molecule has 29 heavy (non-hydrogen) atoms. The molecular weight excluding hydrogens is 394 g/mol. The van der Waals surface area contributed by atoms with E-state index in [0.29, 0.717) is 6.54 Å². The van der Waals surface area contributed by atoms with Crippen molar-refractivity contribution in [2.24, 2.45) is 23.2 Å². The number of benzene rings is 1. The number of amides is 2. The molecule has 4 bridgehead atoms. The monoisotopic (exact) mass is 419 g/mol. The van der Waals surface area contributed by atoms with Gasteiger partial charge in [-0.1, -0.05) is 11.6 Å². The molecule has 0 unspecified atom stereocenters. The normalized spacial score (nSPS) is 30.6. The summed E-state index contributed by atoms with van der Waals surface area (Å²) in [6.45, 7) is 2.29. The summed E-state index contributed by atoms with van der Waals surface area (Å²) in [5.74, 6) is 1.68. The van der Waals surface area contributed by atoms with Crippen molar-refractivity contribution in [3.05, 3.63) is 38.9 Å². The van der Waals surface area contributed by atoms with Gasteiger partial charge in [0.25, 0.3) is 11.6 Å². The topological polar surface area (TPSA) is 101 Å². The molecule has 1 atom stereocenters. The third kappa shape index (κ3) is 4.10. The number of nitro groups is 1. The number of nitrogens with zero attached hydrogens (tertiary/aromatic N) is 1. The Kier molecular flexibility index (Phi) is 5.27. The first-order valence-electron chi connectivity index (χ1n) is 10.3. The third-order valence-electron chi connectivity index (χ3n) is 6.95. The number of carbonyl (C=O) groups excluding carboxylic acids is 2. The average molecular weight is 420 g/mol. The van der Waals surface area contributed by atoms with Crippen molar-refractivity contribution in [3.63, 3.8) is 0 Å². The molecule has 4 aliphatic rings. The summed E-state index contributed by atoms with van der Waals surface area (Å²) >= 11 is 5.78. The van der Waals surface area contributed by atoms with Crippen molar-refractivity contribution in [3.8, 4) is 0 Å². The van der Waals surface area contributed by atoms with Gasteiger partial charge >= 0.3 is 0 Å². The van der Waals surface area contributed by atoms with Crippen molar-refractivity contribution in [2.75, 3.05) is 6.54 Å². The Morgan fingerprint density at radius 1 is 1.21 bits per heavy atom. The predicted molar refractivity (Wildman–Crippen MR) is 109 cm³/mol. The molecule has 0 heterocycles. The molecule has 0 aliphatic heterocycles. The smallest absolute Gasteiger partial charge is 0.288 e.